The Morgan fingerprint density at radius 2 is 2.05 bits per heavy atom. The molecular formula is C15H12F2N2O2. The number of primary amides is 1. The molecule has 21 heavy (non-hydrogen) atoms. The van der Waals surface area contributed by atoms with Gasteiger partial charge in [-0.1, -0.05) is 0 Å². The van der Waals surface area contributed by atoms with E-state index in [9.17, 15) is 13.6 Å². The van der Waals surface area contributed by atoms with Crippen molar-refractivity contribution in [1.29, 1.82) is 0 Å². The number of rotatable bonds is 2. The summed E-state index contributed by atoms with van der Waals surface area (Å²) in [6, 6.07) is 4.72. The second-order valence-electron chi connectivity index (χ2n) is 4.78. The quantitative estimate of drug-likeness (QED) is 0.924. The number of halogens is 2. The summed E-state index contributed by atoms with van der Waals surface area (Å²) in [5.41, 5.74) is 6.61. The Bertz CT molecular complexity index is 732. The minimum Gasteiger partial charge on any atom is -0.477 e. The van der Waals surface area contributed by atoms with Crippen molar-refractivity contribution in [3.8, 4) is 17.0 Å². The number of aromatic nitrogens is 1. The van der Waals surface area contributed by atoms with Gasteiger partial charge in [0.25, 0.3) is 5.91 Å². The molecule has 0 aliphatic carbocycles. The van der Waals surface area contributed by atoms with Crippen molar-refractivity contribution in [2.24, 2.45) is 5.73 Å². The summed E-state index contributed by atoms with van der Waals surface area (Å²) in [6.07, 6.45) is 1.41. The molecule has 0 saturated carbocycles. The lowest BCUT2D eigenvalue weighted by molar-refractivity contribution is 0.0994. The molecule has 1 aliphatic rings. The number of fused-ring (bicyclic) bond motifs is 1. The minimum atomic E-state index is -0.726. The van der Waals surface area contributed by atoms with E-state index in [4.69, 9.17) is 10.5 Å². The molecule has 1 amide bonds. The first-order valence-electron chi connectivity index (χ1n) is 6.48. The molecule has 108 valence electrons. The molecule has 1 aromatic heterocycles. The van der Waals surface area contributed by atoms with Crippen LogP contribution in [0, 0.1) is 11.6 Å². The summed E-state index contributed by atoms with van der Waals surface area (Å²) in [4.78, 5) is 15.4. The molecule has 2 heterocycles. The third-order valence-corrected chi connectivity index (χ3v) is 3.37. The zero-order chi connectivity index (χ0) is 15.0. The standard InChI is InChI=1S/C15H12F2N2O2/c16-8-3-4-9(12(17)6-8)11-7-13(14(18)20)19-15-10(11)2-1-5-21-15/h3-4,6-7H,1-2,5H2,(H2,18,20). The molecule has 6 heteroatoms. The number of amides is 1. The van der Waals surface area contributed by atoms with Crippen LogP contribution in [0.15, 0.2) is 24.3 Å². The summed E-state index contributed by atoms with van der Waals surface area (Å²) < 4.78 is 32.5. The fourth-order valence-corrected chi connectivity index (χ4v) is 2.40. The van der Waals surface area contributed by atoms with Crippen LogP contribution in [0.5, 0.6) is 5.88 Å². The van der Waals surface area contributed by atoms with Gasteiger partial charge >= 0.3 is 0 Å². The molecule has 0 fully saturated rings. The summed E-state index contributed by atoms with van der Waals surface area (Å²) in [5, 5.41) is 0. The highest BCUT2D eigenvalue weighted by molar-refractivity contribution is 5.93. The molecule has 0 unspecified atom stereocenters. The molecule has 1 aromatic carbocycles. The molecule has 0 bridgehead atoms. The Morgan fingerprint density at radius 1 is 1.24 bits per heavy atom. The van der Waals surface area contributed by atoms with Crippen molar-refractivity contribution in [2.75, 3.05) is 6.61 Å². The molecule has 1 aliphatic heterocycles. The third kappa shape index (κ3) is 2.44. The van der Waals surface area contributed by atoms with Gasteiger partial charge in [-0.2, -0.15) is 0 Å². The van der Waals surface area contributed by atoms with Crippen molar-refractivity contribution >= 4 is 5.91 Å². The Morgan fingerprint density at radius 3 is 2.76 bits per heavy atom. The van der Waals surface area contributed by atoms with Gasteiger partial charge in [-0.3, -0.25) is 4.79 Å². The minimum absolute atomic E-state index is 0.00521. The third-order valence-electron chi connectivity index (χ3n) is 3.37. The van der Waals surface area contributed by atoms with Gasteiger partial charge in [0.15, 0.2) is 0 Å². The van der Waals surface area contributed by atoms with E-state index in [1.807, 2.05) is 0 Å². The SMILES string of the molecule is NC(=O)c1cc(-c2ccc(F)cc2F)c2c(n1)OCCC2. The normalized spacial score (nSPS) is 13.4. The summed E-state index contributed by atoms with van der Waals surface area (Å²) in [5.74, 6) is -1.80. The molecule has 0 spiro atoms. The predicted molar refractivity (Wildman–Crippen MR) is 71.9 cm³/mol. The zero-order valence-corrected chi connectivity index (χ0v) is 11.0. The second-order valence-corrected chi connectivity index (χ2v) is 4.78. The molecule has 2 aromatic rings. The highest BCUT2D eigenvalue weighted by atomic mass is 19.1. The van der Waals surface area contributed by atoms with Crippen LogP contribution in [-0.4, -0.2) is 17.5 Å². The molecule has 2 N–H and O–H groups in total. The number of hydrogen-bond acceptors (Lipinski definition) is 3. The topological polar surface area (TPSA) is 65.2 Å². The number of ether oxygens (including phenoxy) is 1. The van der Waals surface area contributed by atoms with Gasteiger partial charge in [-0.25, -0.2) is 13.8 Å². The van der Waals surface area contributed by atoms with Crippen LogP contribution in [0.3, 0.4) is 0 Å². The van der Waals surface area contributed by atoms with E-state index in [-0.39, 0.29) is 17.1 Å². The highest BCUT2D eigenvalue weighted by Gasteiger charge is 2.22. The van der Waals surface area contributed by atoms with Gasteiger partial charge in [-0.15, -0.1) is 0 Å². The second kappa shape index (κ2) is 5.12. The van der Waals surface area contributed by atoms with Crippen LogP contribution in [0.4, 0.5) is 8.78 Å². The Balaban J connectivity index is 2.24. The van der Waals surface area contributed by atoms with Gasteiger partial charge in [0.1, 0.15) is 17.3 Å². The van der Waals surface area contributed by atoms with Crippen LogP contribution in [0.25, 0.3) is 11.1 Å². The first-order chi connectivity index (χ1) is 10.1. The van der Waals surface area contributed by atoms with Crippen molar-refractivity contribution in [2.45, 2.75) is 12.8 Å². The highest BCUT2D eigenvalue weighted by Crippen LogP contribution is 2.35. The Labute approximate surface area is 119 Å². The van der Waals surface area contributed by atoms with Crippen molar-refractivity contribution in [3.63, 3.8) is 0 Å². The number of benzene rings is 1. The van der Waals surface area contributed by atoms with Crippen molar-refractivity contribution < 1.29 is 18.3 Å². The van der Waals surface area contributed by atoms with E-state index < -0.39 is 17.5 Å². The number of nitrogens with two attached hydrogens (primary N) is 1. The number of carbonyl (C=O) groups is 1. The molecule has 0 radical (unpaired) electrons. The van der Waals surface area contributed by atoms with Gasteiger partial charge in [0.05, 0.1) is 6.61 Å². The number of nitrogens with zero attached hydrogens (tertiary/aromatic N) is 1. The van der Waals surface area contributed by atoms with Crippen LogP contribution < -0.4 is 10.5 Å². The maximum absolute atomic E-state index is 14.0. The fourth-order valence-electron chi connectivity index (χ4n) is 2.40. The van der Waals surface area contributed by atoms with Gasteiger partial charge in [0, 0.05) is 17.2 Å². The molecule has 3 rings (SSSR count). The lowest BCUT2D eigenvalue weighted by atomic mass is 9.95. The van der Waals surface area contributed by atoms with E-state index >= 15 is 0 Å². The molecular weight excluding hydrogens is 278 g/mol. The van der Waals surface area contributed by atoms with E-state index in [0.29, 0.717) is 24.2 Å². The first kappa shape index (κ1) is 13.5. The Kier molecular flexibility index (Phi) is 3.29. The monoisotopic (exact) mass is 290 g/mol. The number of carbonyl (C=O) groups excluding carboxylic acids is 1. The van der Waals surface area contributed by atoms with E-state index in [1.165, 1.54) is 18.2 Å². The van der Waals surface area contributed by atoms with E-state index in [1.54, 1.807) is 0 Å². The van der Waals surface area contributed by atoms with Crippen LogP contribution >= 0.6 is 0 Å². The number of pyridine rings is 1. The lowest BCUT2D eigenvalue weighted by Gasteiger charge is -2.20. The predicted octanol–water partition coefficient (Wildman–Crippen LogP) is 2.45. The largest absolute Gasteiger partial charge is 0.477 e. The van der Waals surface area contributed by atoms with Gasteiger partial charge in [-0.05, 0) is 36.6 Å². The van der Waals surface area contributed by atoms with E-state index in [2.05, 4.69) is 4.98 Å². The first-order valence-corrected chi connectivity index (χ1v) is 6.48. The maximum atomic E-state index is 14.0. The van der Waals surface area contributed by atoms with Crippen LogP contribution in [0.2, 0.25) is 0 Å². The van der Waals surface area contributed by atoms with Crippen LogP contribution in [0.1, 0.15) is 22.5 Å². The summed E-state index contributed by atoms with van der Waals surface area (Å²) in [7, 11) is 0. The maximum Gasteiger partial charge on any atom is 0.267 e. The van der Waals surface area contributed by atoms with Crippen molar-refractivity contribution in [3.05, 3.63) is 47.2 Å². The summed E-state index contributed by atoms with van der Waals surface area (Å²) >= 11 is 0. The average Bonchev–Trinajstić information content (AvgIpc) is 2.46. The zero-order valence-electron chi connectivity index (χ0n) is 11.0. The lowest BCUT2D eigenvalue weighted by Crippen LogP contribution is -2.18. The Hall–Kier alpha value is -2.50. The molecule has 4 nitrogen and oxygen atoms in total. The molecule has 0 atom stereocenters. The van der Waals surface area contributed by atoms with Crippen LogP contribution in [-0.2, 0) is 6.42 Å². The fraction of sp³-hybridized carbons (Fsp3) is 0.200. The number of hydrogen-bond donors (Lipinski definition) is 1. The average molecular weight is 290 g/mol. The molecule has 0 saturated heterocycles. The van der Waals surface area contributed by atoms with Gasteiger partial charge < -0.3 is 10.5 Å². The summed E-state index contributed by atoms with van der Waals surface area (Å²) in [6.45, 7) is 0.480. The smallest absolute Gasteiger partial charge is 0.267 e. The van der Waals surface area contributed by atoms with E-state index in [0.717, 1.165) is 12.5 Å². The van der Waals surface area contributed by atoms with Gasteiger partial charge in [0.2, 0.25) is 5.88 Å². The van der Waals surface area contributed by atoms with Crippen molar-refractivity contribution in [1.82, 2.24) is 4.98 Å².